The number of halogens is 1. The molecule has 2 heteroatoms. The van der Waals surface area contributed by atoms with Crippen LogP contribution in [0.2, 0.25) is 0 Å². The van der Waals surface area contributed by atoms with Crippen LogP contribution in [0, 0.1) is 6.92 Å². The van der Waals surface area contributed by atoms with Crippen LogP contribution < -0.4 is 4.74 Å². The van der Waals surface area contributed by atoms with E-state index in [1.165, 1.54) is 17.5 Å². The van der Waals surface area contributed by atoms with Gasteiger partial charge in [0.1, 0.15) is 5.75 Å². The summed E-state index contributed by atoms with van der Waals surface area (Å²) in [7, 11) is 1.71. The van der Waals surface area contributed by atoms with Gasteiger partial charge in [0, 0.05) is 5.38 Å². The zero-order chi connectivity index (χ0) is 10.8. The van der Waals surface area contributed by atoms with Crippen molar-refractivity contribution in [1.82, 2.24) is 0 Å². The summed E-state index contributed by atoms with van der Waals surface area (Å²) in [6.07, 6.45) is 3.49. The first-order valence-electron chi connectivity index (χ1n) is 5.49. The van der Waals surface area contributed by atoms with Gasteiger partial charge < -0.3 is 4.74 Å². The monoisotopic (exact) mass is 224 g/mol. The van der Waals surface area contributed by atoms with Crippen molar-refractivity contribution in [2.45, 2.75) is 37.5 Å². The Labute approximate surface area is 96.4 Å². The van der Waals surface area contributed by atoms with Gasteiger partial charge in [-0.15, -0.1) is 11.6 Å². The van der Waals surface area contributed by atoms with Crippen LogP contribution in [0.1, 0.15) is 36.3 Å². The summed E-state index contributed by atoms with van der Waals surface area (Å²) in [5, 5.41) is 0.372. The van der Waals surface area contributed by atoms with E-state index in [1.807, 2.05) is 6.07 Å². The Morgan fingerprint density at radius 2 is 2.13 bits per heavy atom. The molecule has 2 atom stereocenters. The van der Waals surface area contributed by atoms with Crippen LogP contribution in [0.3, 0.4) is 0 Å². The molecule has 0 spiro atoms. The van der Waals surface area contributed by atoms with E-state index in [0.29, 0.717) is 11.3 Å². The minimum Gasteiger partial charge on any atom is -0.497 e. The zero-order valence-electron chi connectivity index (χ0n) is 9.29. The number of alkyl halides is 1. The van der Waals surface area contributed by atoms with Crippen molar-refractivity contribution in [2.75, 3.05) is 7.11 Å². The molecule has 0 amide bonds. The fourth-order valence-electron chi connectivity index (χ4n) is 2.44. The second-order valence-electron chi connectivity index (χ2n) is 4.33. The largest absolute Gasteiger partial charge is 0.497 e. The number of aryl methyl sites for hydroxylation is 1. The maximum atomic E-state index is 6.14. The summed E-state index contributed by atoms with van der Waals surface area (Å²) in [6, 6.07) is 6.34. The second kappa shape index (κ2) is 4.44. The number of ether oxygens (including phenoxy) is 1. The molecule has 1 nitrogen and oxygen atoms in total. The molecule has 1 aliphatic rings. The minimum absolute atomic E-state index is 0.372. The number of hydrogen-bond acceptors (Lipinski definition) is 1. The van der Waals surface area contributed by atoms with Gasteiger partial charge in [-0.3, -0.25) is 0 Å². The molecule has 15 heavy (non-hydrogen) atoms. The predicted molar refractivity (Wildman–Crippen MR) is 64.0 cm³/mol. The van der Waals surface area contributed by atoms with Crippen molar-refractivity contribution in [3.63, 3.8) is 0 Å². The van der Waals surface area contributed by atoms with E-state index in [9.17, 15) is 0 Å². The van der Waals surface area contributed by atoms with Crippen molar-refractivity contribution in [3.05, 3.63) is 29.3 Å². The zero-order valence-corrected chi connectivity index (χ0v) is 10.1. The van der Waals surface area contributed by atoms with Crippen molar-refractivity contribution < 1.29 is 4.74 Å². The molecule has 0 aliphatic heterocycles. The molecule has 0 saturated heterocycles. The fraction of sp³-hybridized carbons (Fsp3) is 0.538. The summed E-state index contributed by atoms with van der Waals surface area (Å²) in [4.78, 5) is 0. The molecule has 0 aromatic heterocycles. The number of rotatable bonds is 2. The lowest BCUT2D eigenvalue weighted by atomic mass is 9.93. The highest BCUT2D eigenvalue weighted by atomic mass is 35.5. The van der Waals surface area contributed by atoms with Crippen LogP contribution in [-0.4, -0.2) is 12.5 Å². The van der Waals surface area contributed by atoms with Crippen LogP contribution in [-0.2, 0) is 0 Å². The first-order chi connectivity index (χ1) is 7.20. The summed E-state index contributed by atoms with van der Waals surface area (Å²) in [5.41, 5.74) is 2.77. The Hall–Kier alpha value is -0.690. The lowest BCUT2D eigenvalue weighted by Crippen LogP contribution is -1.98. The van der Waals surface area contributed by atoms with Gasteiger partial charge in [-0.2, -0.15) is 0 Å². The first-order valence-corrected chi connectivity index (χ1v) is 5.93. The van der Waals surface area contributed by atoms with Gasteiger partial charge in [0.25, 0.3) is 0 Å². The van der Waals surface area contributed by atoms with Gasteiger partial charge >= 0.3 is 0 Å². The molecular formula is C13H17ClO. The normalized spacial score (nSPS) is 25.5. The summed E-state index contributed by atoms with van der Waals surface area (Å²) >= 11 is 6.14. The standard InChI is InChI=1S/C13H17ClO/c1-9-7-12(15-2)5-6-13(9)10-3-4-11(14)8-10/h5-7,10-11H,3-4,8H2,1-2H3. The highest BCUT2D eigenvalue weighted by Gasteiger charge is 2.25. The van der Waals surface area contributed by atoms with Gasteiger partial charge in [-0.25, -0.2) is 0 Å². The minimum atomic E-state index is 0.372. The number of benzene rings is 1. The molecule has 1 aromatic rings. The topological polar surface area (TPSA) is 9.23 Å². The Morgan fingerprint density at radius 3 is 2.67 bits per heavy atom. The number of hydrogen-bond donors (Lipinski definition) is 0. The van der Waals surface area contributed by atoms with E-state index >= 15 is 0 Å². The van der Waals surface area contributed by atoms with E-state index in [0.717, 1.165) is 18.6 Å². The molecular weight excluding hydrogens is 208 g/mol. The Bertz CT molecular complexity index is 348. The molecule has 0 bridgehead atoms. The lowest BCUT2D eigenvalue weighted by Gasteiger charge is -2.14. The van der Waals surface area contributed by atoms with Gasteiger partial charge in [-0.1, -0.05) is 6.07 Å². The molecule has 0 radical (unpaired) electrons. The van der Waals surface area contributed by atoms with Crippen LogP contribution >= 0.6 is 11.6 Å². The maximum absolute atomic E-state index is 6.14. The smallest absolute Gasteiger partial charge is 0.119 e. The molecule has 1 aromatic carbocycles. The Morgan fingerprint density at radius 1 is 1.33 bits per heavy atom. The van der Waals surface area contributed by atoms with Crippen molar-refractivity contribution in [3.8, 4) is 5.75 Å². The van der Waals surface area contributed by atoms with Gasteiger partial charge in [0.05, 0.1) is 7.11 Å². The van der Waals surface area contributed by atoms with Gasteiger partial charge in [-0.05, 0) is 55.4 Å². The average molecular weight is 225 g/mol. The average Bonchev–Trinajstić information content (AvgIpc) is 2.64. The molecule has 1 fully saturated rings. The molecule has 2 rings (SSSR count). The highest BCUT2D eigenvalue weighted by Crippen LogP contribution is 2.38. The summed E-state index contributed by atoms with van der Waals surface area (Å²) in [5.74, 6) is 1.59. The van der Waals surface area contributed by atoms with Crippen molar-refractivity contribution in [1.29, 1.82) is 0 Å². The van der Waals surface area contributed by atoms with Crippen LogP contribution in [0.5, 0.6) is 5.75 Å². The molecule has 2 unspecified atom stereocenters. The fourth-order valence-corrected chi connectivity index (χ4v) is 2.78. The van der Waals surface area contributed by atoms with E-state index < -0.39 is 0 Å². The maximum Gasteiger partial charge on any atom is 0.119 e. The predicted octanol–water partition coefficient (Wildman–Crippen LogP) is 3.88. The van der Waals surface area contributed by atoms with Crippen molar-refractivity contribution in [2.24, 2.45) is 0 Å². The number of methoxy groups -OCH3 is 1. The second-order valence-corrected chi connectivity index (χ2v) is 4.95. The third-order valence-corrected chi connectivity index (χ3v) is 3.68. The Balaban J connectivity index is 2.21. The third-order valence-electron chi connectivity index (χ3n) is 3.29. The summed E-state index contributed by atoms with van der Waals surface area (Å²) in [6.45, 7) is 2.15. The van der Waals surface area contributed by atoms with Gasteiger partial charge in [0.15, 0.2) is 0 Å². The van der Waals surface area contributed by atoms with E-state index in [1.54, 1.807) is 7.11 Å². The first kappa shape index (κ1) is 10.8. The molecule has 0 heterocycles. The SMILES string of the molecule is COc1ccc(C2CCC(Cl)C2)c(C)c1. The highest BCUT2D eigenvalue weighted by molar-refractivity contribution is 6.20. The van der Waals surface area contributed by atoms with Crippen LogP contribution in [0.15, 0.2) is 18.2 Å². The van der Waals surface area contributed by atoms with Crippen LogP contribution in [0.4, 0.5) is 0 Å². The quantitative estimate of drug-likeness (QED) is 0.693. The van der Waals surface area contributed by atoms with Crippen LogP contribution in [0.25, 0.3) is 0 Å². The molecule has 0 N–H and O–H groups in total. The molecule has 1 aliphatic carbocycles. The van der Waals surface area contributed by atoms with Gasteiger partial charge in [0.2, 0.25) is 0 Å². The molecule has 82 valence electrons. The van der Waals surface area contributed by atoms with Crippen molar-refractivity contribution >= 4 is 11.6 Å². The summed E-state index contributed by atoms with van der Waals surface area (Å²) < 4.78 is 5.21. The Kier molecular flexibility index (Phi) is 3.20. The van der Waals surface area contributed by atoms with E-state index in [-0.39, 0.29) is 0 Å². The van der Waals surface area contributed by atoms with E-state index in [4.69, 9.17) is 16.3 Å². The lowest BCUT2D eigenvalue weighted by molar-refractivity contribution is 0.414. The third kappa shape index (κ3) is 2.28. The van der Waals surface area contributed by atoms with E-state index in [2.05, 4.69) is 19.1 Å². The molecule has 1 saturated carbocycles.